The number of para-hydroxylation sites is 1. The highest BCUT2D eigenvalue weighted by atomic mass is 35.5. The summed E-state index contributed by atoms with van der Waals surface area (Å²) in [6, 6.07) is 10.1. The van der Waals surface area contributed by atoms with Crippen molar-refractivity contribution >= 4 is 34.8 Å². The first-order chi connectivity index (χ1) is 11.4. The average Bonchev–Trinajstić information content (AvgIpc) is 2.50. The first-order valence-corrected chi connectivity index (χ1v) is 7.17. The van der Waals surface area contributed by atoms with Gasteiger partial charge in [0.2, 0.25) is 5.91 Å². The van der Waals surface area contributed by atoms with Gasteiger partial charge in [0.1, 0.15) is 5.75 Å². The molecule has 5 nitrogen and oxygen atoms in total. The van der Waals surface area contributed by atoms with Gasteiger partial charge in [-0.1, -0.05) is 23.7 Å². The van der Waals surface area contributed by atoms with Gasteiger partial charge in [0, 0.05) is 12.6 Å². The third-order valence-corrected chi connectivity index (χ3v) is 3.21. The van der Waals surface area contributed by atoms with Gasteiger partial charge in [-0.3, -0.25) is 9.59 Å². The van der Waals surface area contributed by atoms with Crippen LogP contribution in [0.2, 0.25) is 5.02 Å². The minimum absolute atomic E-state index is 0.0706. The molecule has 0 heterocycles. The average molecular weight is 355 g/mol. The quantitative estimate of drug-likeness (QED) is 0.847. The van der Waals surface area contributed by atoms with Crippen LogP contribution in [-0.4, -0.2) is 18.4 Å². The maximum atomic E-state index is 12.4. The second kappa shape index (κ2) is 7.74. The van der Waals surface area contributed by atoms with E-state index >= 15 is 0 Å². The first kappa shape index (κ1) is 17.7. The molecule has 2 N–H and O–H groups in total. The van der Waals surface area contributed by atoms with E-state index in [0.29, 0.717) is 5.69 Å². The topological polar surface area (TPSA) is 67.4 Å². The Bertz CT molecular complexity index is 769. The largest absolute Gasteiger partial charge is 0.434 e. The van der Waals surface area contributed by atoms with Crippen LogP contribution in [0.1, 0.15) is 17.3 Å². The zero-order valence-corrected chi connectivity index (χ0v) is 13.2. The van der Waals surface area contributed by atoms with Crippen LogP contribution < -0.4 is 15.4 Å². The summed E-state index contributed by atoms with van der Waals surface area (Å²) >= 11 is 6.01. The van der Waals surface area contributed by atoms with E-state index in [-0.39, 0.29) is 27.9 Å². The third kappa shape index (κ3) is 4.66. The normalized spacial score (nSPS) is 10.4. The molecule has 0 aliphatic heterocycles. The minimum atomic E-state index is -3.05. The van der Waals surface area contributed by atoms with Gasteiger partial charge in [0.25, 0.3) is 5.91 Å². The lowest BCUT2D eigenvalue weighted by Gasteiger charge is -2.12. The summed E-state index contributed by atoms with van der Waals surface area (Å²) in [7, 11) is 0. The van der Waals surface area contributed by atoms with E-state index in [1.54, 1.807) is 6.07 Å². The van der Waals surface area contributed by atoms with Crippen molar-refractivity contribution in [1.29, 1.82) is 0 Å². The Morgan fingerprint density at radius 3 is 2.50 bits per heavy atom. The van der Waals surface area contributed by atoms with Gasteiger partial charge in [-0.05, 0) is 30.3 Å². The molecule has 0 spiro atoms. The number of anilines is 2. The molecule has 0 aliphatic rings. The van der Waals surface area contributed by atoms with Crippen molar-refractivity contribution in [2.45, 2.75) is 13.5 Å². The molecule has 0 atom stereocenters. The number of alkyl halides is 2. The smallest absolute Gasteiger partial charge is 0.387 e. The van der Waals surface area contributed by atoms with Crippen molar-refractivity contribution in [3.63, 3.8) is 0 Å². The molecular weight excluding hydrogens is 342 g/mol. The molecule has 0 saturated carbocycles. The van der Waals surface area contributed by atoms with E-state index in [9.17, 15) is 18.4 Å². The molecule has 2 rings (SSSR count). The van der Waals surface area contributed by atoms with Gasteiger partial charge in [0.05, 0.1) is 16.3 Å². The number of amides is 2. The molecule has 126 valence electrons. The molecular formula is C16H13ClF2N2O3. The summed E-state index contributed by atoms with van der Waals surface area (Å²) in [5.74, 6) is -1.21. The number of hydrogen-bond acceptors (Lipinski definition) is 3. The molecule has 0 bridgehead atoms. The maximum absolute atomic E-state index is 12.4. The van der Waals surface area contributed by atoms with Crippen molar-refractivity contribution in [2.75, 3.05) is 10.6 Å². The number of halogens is 3. The summed E-state index contributed by atoms with van der Waals surface area (Å²) in [6.45, 7) is -1.71. The van der Waals surface area contributed by atoms with Crippen LogP contribution in [0.3, 0.4) is 0 Å². The van der Waals surface area contributed by atoms with Crippen molar-refractivity contribution in [2.24, 2.45) is 0 Å². The van der Waals surface area contributed by atoms with Crippen LogP contribution in [-0.2, 0) is 4.79 Å². The Labute approximate surface area is 141 Å². The number of nitrogens with one attached hydrogen (secondary N) is 2. The predicted molar refractivity (Wildman–Crippen MR) is 86.8 cm³/mol. The van der Waals surface area contributed by atoms with Gasteiger partial charge < -0.3 is 15.4 Å². The molecule has 0 aliphatic carbocycles. The van der Waals surface area contributed by atoms with Gasteiger partial charge in [-0.15, -0.1) is 0 Å². The molecule has 8 heteroatoms. The third-order valence-electron chi connectivity index (χ3n) is 2.88. The van der Waals surface area contributed by atoms with Crippen molar-refractivity contribution in [3.05, 3.63) is 53.1 Å². The summed E-state index contributed by atoms with van der Waals surface area (Å²) in [5, 5.41) is 5.28. The van der Waals surface area contributed by atoms with Crippen LogP contribution in [0.4, 0.5) is 20.2 Å². The number of ether oxygens (including phenoxy) is 1. The van der Waals surface area contributed by atoms with Crippen LogP contribution in [0.25, 0.3) is 0 Å². The molecule has 2 aromatic carbocycles. The van der Waals surface area contributed by atoms with Crippen LogP contribution >= 0.6 is 11.6 Å². The Kier molecular flexibility index (Phi) is 5.70. The second-order valence-electron chi connectivity index (χ2n) is 4.70. The first-order valence-electron chi connectivity index (χ1n) is 6.79. The zero-order valence-electron chi connectivity index (χ0n) is 12.5. The van der Waals surface area contributed by atoms with E-state index in [4.69, 9.17) is 11.6 Å². The highest BCUT2D eigenvalue weighted by molar-refractivity contribution is 6.34. The van der Waals surface area contributed by atoms with E-state index in [2.05, 4.69) is 15.4 Å². The monoisotopic (exact) mass is 354 g/mol. The molecule has 2 aromatic rings. The Morgan fingerprint density at radius 1 is 1.12 bits per heavy atom. The lowest BCUT2D eigenvalue weighted by molar-refractivity contribution is -0.114. The number of rotatable bonds is 5. The Balaban J connectivity index is 2.25. The molecule has 0 aromatic heterocycles. The molecule has 0 fully saturated rings. The predicted octanol–water partition coefficient (Wildman–Crippen LogP) is 4.15. The Morgan fingerprint density at radius 2 is 1.83 bits per heavy atom. The van der Waals surface area contributed by atoms with Gasteiger partial charge in [0.15, 0.2) is 0 Å². The van der Waals surface area contributed by atoms with Crippen molar-refractivity contribution < 1.29 is 23.1 Å². The molecule has 24 heavy (non-hydrogen) atoms. The lowest BCUT2D eigenvalue weighted by Crippen LogP contribution is -2.15. The fraction of sp³-hybridized carbons (Fsp3) is 0.125. The van der Waals surface area contributed by atoms with Gasteiger partial charge >= 0.3 is 6.61 Å². The Hall–Kier alpha value is -2.67. The van der Waals surface area contributed by atoms with E-state index < -0.39 is 12.5 Å². The SMILES string of the molecule is CC(=O)Nc1ccc(Cl)c(NC(=O)c2ccccc2OC(F)F)c1. The molecule has 0 unspecified atom stereocenters. The summed E-state index contributed by atoms with van der Waals surface area (Å²) in [6.07, 6.45) is 0. The fourth-order valence-corrected chi connectivity index (χ4v) is 2.11. The number of carbonyl (C=O) groups excluding carboxylic acids is 2. The highest BCUT2D eigenvalue weighted by Crippen LogP contribution is 2.27. The summed E-state index contributed by atoms with van der Waals surface area (Å²) in [4.78, 5) is 23.4. The number of hydrogen-bond donors (Lipinski definition) is 2. The maximum Gasteiger partial charge on any atom is 0.387 e. The second-order valence-corrected chi connectivity index (χ2v) is 5.11. The molecule has 2 amide bonds. The van der Waals surface area contributed by atoms with Crippen molar-refractivity contribution in [1.82, 2.24) is 0 Å². The van der Waals surface area contributed by atoms with Crippen LogP contribution in [0, 0.1) is 0 Å². The molecule has 0 radical (unpaired) electrons. The molecule has 0 saturated heterocycles. The minimum Gasteiger partial charge on any atom is -0.434 e. The van der Waals surface area contributed by atoms with E-state index in [1.165, 1.54) is 43.3 Å². The fourth-order valence-electron chi connectivity index (χ4n) is 1.94. The highest BCUT2D eigenvalue weighted by Gasteiger charge is 2.16. The lowest BCUT2D eigenvalue weighted by atomic mass is 10.1. The van der Waals surface area contributed by atoms with Crippen LogP contribution in [0.5, 0.6) is 5.75 Å². The van der Waals surface area contributed by atoms with Crippen molar-refractivity contribution in [3.8, 4) is 5.75 Å². The summed E-state index contributed by atoms with van der Waals surface area (Å²) in [5.41, 5.74) is 0.581. The van der Waals surface area contributed by atoms with Gasteiger partial charge in [-0.2, -0.15) is 8.78 Å². The zero-order chi connectivity index (χ0) is 17.7. The van der Waals surface area contributed by atoms with Crippen LogP contribution in [0.15, 0.2) is 42.5 Å². The van der Waals surface area contributed by atoms with Gasteiger partial charge in [-0.25, -0.2) is 0 Å². The van der Waals surface area contributed by atoms with E-state index in [1.807, 2.05) is 0 Å². The number of benzene rings is 2. The number of carbonyl (C=O) groups is 2. The van der Waals surface area contributed by atoms with E-state index in [0.717, 1.165) is 0 Å². The standard InChI is InChI=1S/C16H13ClF2N2O3/c1-9(22)20-10-6-7-12(17)13(8-10)21-15(23)11-4-2-3-5-14(11)24-16(18)19/h2-8,16H,1H3,(H,20,22)(H,21,23). The summed E-state index contributed by atoms with van der Waals surface area (Å²) < 4.78 is 29.2.